The van der Waals surface area contributed by atoms with Crippen molar-refractivity contribution in [1.82, 2.24) is 14.9 Å². The van der Waals surface area contributed by atoms with E-state index in [2.05, 4.69) is 10.0 Å². The molecule has 154 valence electrons. The molecule has 2 N–H and O–H groups in total. The molecule has 0 atom stereocenters. The van der Waals surface area contributed by atoms with E-state index in [1.165, 1.54) is 0 Å². The van der Waals surface area contributed by atoms with E-state index in [4.69, 9.17) is 0 Å². The Morgan fingerprint density at radius 2 is 1.52 bits per heavy atom. The van der Waals surface area contributed by atoms with Crippen molar-refractivity contribution in [2.75, 3.05) is 32.7 Å². The summed E-state index contributed by atoms with van der Waals surface area (Å²) >= 11 is 0. The summed E-state index contributed by atoms with van der Waals surface area (Å²) in [5, 5.41) is 3.26. The fourth-order valence-corrected chi connectivity index (χ4v) is 5.11. The van der Waals surface area contributed by atoms with Crippen LogP contribution in [0.2, 0.25) is 0 Å². The molecule has 1 fully saturated rings. The Hall–Kier alpha value is -1.15. The number of nitrogens with zero attached hydrogens (tertiary/aromatic N) is 1. The smallest absolute Gasteiger partial charge is 0.241 e. The number of rotatable bonds is 5. The molecular weight excluding hydrogens is 386 g/mol. The molecule has 0 unspecified atom stereocenters. The number of carbonyl (C=O) groups excluding carboxylic acids is 1. The van der Waals surface area contributed by atoms with Gasteiger partial charge in [0.2, 0.25) is 15.9 Å². The van der Waals surface area contributed by atoms with Crippen LogP contribution in [0.4, 0.5) is 0 Å². The van der Waals surface area contributed by atoms with Gasteiger partial charge in [0.1, 0.15) is 0 Å². The van der Waals surface area contributed by atoms with Crippen molar-refractivity contribution < 1.29 is 13.2 Å². The number of hydrogen-bond donors (Lipinski definition) is 2. The topological polar surface area (TPSA) is 78.5 Å². The second kappa shape index (κ2) is 9.87. The van der Waals surface area contributed by atoms with Crippen LogP contribution < -0.4 is 10.0 Å². The average molecular weight is 418 g/mol. The summed E-state index contributed by atoms with van der Waals surface area (Å²) in [4.78, 5) is 14.5. The summed E-state index contributed by atoms with van der Waals surface area (Å²) in [5.74, 6) is 0.00103. The van der Waals surface area contributed by atoms with Gasteiger partial charge in [0.25, 0.3) is 0 Å². The van der Waals surface area contributed by atoms with Crippen molar-refractivity contribution >= 4 is 28.3 Å². The zero-order valence-electron chi connectivity index (χ0n) is 16.9. The molecule has 0 saturated carbocycles. The van der Waals surface area contributed by atoms with Crippen LogP contribution in [0.3, 0.4) is 0 Å². The van der Waals surface area contributed by atoms with Crippen molar-refractivity contribution in [2.45, 2.75) is 52.4 Å². The lowest BCUT2D eigenvalue weighted by molar-refractivity contribution is -0.130. The van der Waals surface area contributed by atoms with E-state index >= 15 is 0 Å². The predicted molar refractivity (Wildman–Crippen MR) is 111 cm³/mol. The lowest BCUT2D eigenvalue weighted by Gasteiger charge is -2.21. The Balaban J connectivity index is 0.00000364. The van der Waals surface area contributed by atoms with Crippen LogP contribution in [0.25, 0.3) is 0 Å². The highest BCUT2D eigenvalue weighted by Gasteiger charge is 2.24. The zero-order valence-corrected chi connectivity index (χ0v) is 18.6. The van der Waals surface area contributed by atoms with E-state index in [1.54, 1.807) is 0 Å². The number of sulfonamides is 1. The van der Waals surface area contributed by atoms with Gasteiger partial charge in [-0.15, -0.1) is 12.4 Å². The van der Waals surface area contributed by atoms with Gasteiger partial charge in [-0.3, -0.25) is 4.79 Å². The lowest BCUT2D eigenvalue weighted by Crippen LogP contribution is -2.37. The molecule has 1 amide bonds. The van der Waals surface area contributed by atoms with E-state index in [0.29, 0.717) is 11.4 Å². The number of nitrogens with one attached hydrogen (secondary N) is 2. The van der Waals surface area contributed by atoms with E-state index in [9.17, 15) is 13.2 Å². The van der Waals surface area contributed by atoms with E-state index in [1.807, 2.05) is 39.5 Å². The summed E-state index contributed by atoms with van der Waals surface area (Å²) in [6.07, 6.45) is 1.11. The van der Waals surface area contributed by atoms with Gasteiger partial charge in [0, 0.05) is 32.6 Å². The van der Waals surface area contributed by atoms with Crippen LogP contribution in [0.1, 0.15) is 40.7 Å². The van der Waals surface area contributed by atoms with E-state index in [-0.39, 0.29) is 31.3 Å². The normalized spacial score (nSPS) is 15.2. The van der Waals surface area contributed by atoms with Gasteiger partial charge in [-0.1, -0.05) is 0 Å². The highest BCUT2D eigenvalue weighted by molar-refractivity contribution is 7.89. The Morgan fingerprint density at radius 3 is 2.11 bits per heavy atom. The molecule has 0 aliphatic carbocycles. The molecule has 0 radical (unpaired) electrons. The molecule has 1 saturated heterocycles. The lowest BCUT2D eigenvalue weighted by atomic mass is 9.95. The minimum absolute atomic E-state index is 0. The van der Waals surface area contributed by atoms with Crippen LogP contribution in [-0.2, 0) is 14.8 Å². The largest absolute Gasteiger partial charge is 0.341 e. The zero-order chi connectivity index (χ0) is 19.5. The Morgan fingerprint density at radius 1 is 0.963 bits per heavy atom. The molecule has 0 aromatic heterocycles. The molecule has 1 aromatic rings. The molecule has 1 aliphatic heterocycles. The summed E-state index contributed by atoms with van der Waals surface area (Å²) in [6.45, 7) is 12.9. The molecular formula is C19H32ClN3O3S. The van der Waals surface area contributed by atoms with Gasteiger partial charge >= 0.3 is 0 Å². The summed E-state index contributed by atoms with van der Waals surface area (Å²) in [6, 6.07) is 0. The second-order valence-electron chi connectivity index (χ2n) is 7.09. The van der Waals surface area contributed by atoms with E-state index < -0.39 is 10.0 Å². The Bertz CT molecular complexity index is 757. The highest BCUT2D eigenvalue weighted by Crippen LogP contribution is 2.29. The van der Waals surface area contributed by atoms with Crippen LogP contribution in [-0.4, -0.2) is 51.9 Å². The molecule has 8 heteroatoms. The maximum atomic E-state index is 12.9. The van der Waals surface area contributed by atoms with Gasteiger partial charge in [0.15, 0.2) is 0 Å². The van der Waals surface area contributed by atoms with E-state index in [0.717, 1.165) is 53.9 Å². The number of halogens is 1. The highest BCUT2D eigenvalue weighted by atomic mass is 35.5. The average Bonchev–Trinajstić information content (AvgIpc) is 2.87. The molecule has 27 heavy (non-hydrogen) atoms. The minimum Gasteiger partial charge on any atom is -0.341 e. The van der Waals surface area contributed by atoms with Gasteiger partial charge in [-0.05, 0) is 75.4 Å². The monoisotopic (exact) mass is 417 g/mol. The first-order chi connectivity index (χ1) is 12.2. The summed E-state index contributed by atoms with van der Waals surface area (Å²) in [5.41, 5.74) is 4.69. The second-order valence-corrected chi connectivity index (χ2v) is 8.79. The van der Waals surface area contributed by atoms with Crippen LogP contribution in [0.5, 0.6) is 0 Å². The maximum absolute atomic E-state index is 12.9. The fraction of sp³-hybridized carbons (Fsp3) is 0.632. The van der Waals surface area contributed by atoms with Gasteiger partial charge in [-0.2, -0.15) is 0 Å². The van der Waals surface area contributed by atoms with Crippen LogP contribution >= 0.6 is 12.4 Å². The van der Waals surface area contributed by atoms with Gasteiger partial charge in [-0.25, -0.2) is 13.1 Å². The molecule has 1 heterocycles. The third-order valence-electron chi connectivity index (χ3n) is 5.52. The van der Waals surface area contributed by atoms with Crippen molar-refractivity contribution in [1.29, 1.82) is 0 Å². The molecule has 1 aliphatic rings. The van der Waals surface area contributed by atoms with Crippen molar-refractivity contribution in [2.24, 2.45) is 0 Å². The molecule has 2 rings (SSSR count). The van der Waals surface area contributed by atoms with Gasteiger partial charge in [0.05, 0.1) is 4.90 Å². The van der Waals surface area contributed by atoms with Crippen molar-refractivity contribution in [3.8, 4) is 0 Å². The minimum atomic E-state index is -3.65. The maximum Gasteiger partial charge on any atom is 0.241 e. The third kappa shape index (κ3) is 5.44. The number of carbonyl (C=O) groups is 1. The number of hydrogen-bond acceptors (Lipinski definition) is 4. The molecule has 1 aromatic carbocycles. The predicted octanol–water partition coefficient (Wildman–Crippen LogP) is 2.14. The Labute approximate surface area is 169 Å². The summed E-state index contributed by atoms with van der Waals surface area (Å²) in [7, 11) is -3.65. The quantitative estimate of drug-likeness (QED) is 0.769. The van der Waals surface area contributed by atoms with Gasteiger partial charge < -0.3 is 10.2 Å². The standard InChI is InChI=1S/C19H31N3O3S.ClH/c1-13-14(2)16(4)19(17(5)15(13)3)26(24,25)21-9-7-18(23)22-11-6-8-20-10-12-22;/h20-21H,6-12H2,1-5H3;1H. The van der Waals surface area contributed by atoms with Crippen molar-refractivity contribution in [3.63, 3.8) is 0 Å². The van der Waals surface area contributed by atoms with Crippen molar-refractivity contribution in [3.05, 3.63) is 27.8 Å². The summed E-state index contributed by atoms with van der Waals surface area (Å²) < 4.78 is 28.3. The number of benzene rings is 1. The van der Waals surface area contributed by atoms with Crippen LogP contribution in [0.15, 0.2) is 4.90 Å². The third-order valence-corrected chi connectivity index (χ3v) is 7.26. The molecule has 0 bridgehead atoms. The first-order valence-corrected chi connectivity index (χ1v) is 10.7. The first kappa shape index (κ1) is 23.9. The number of amides is 1. The molecule has 0 spiro atoms. The van der Waals surface area contributed by atoms with Crippen LogP contribution in [0, 0.1) is 34.6 Å². The first-order valence-electron chi connectivity index (χ1n) is 9.22. The molecule has 6 nitrogen and oxygen atoms in total. The Kier molecular flexibility index (Phi) is 8.73. The fourth-order valence-electron chi connectivity index (χ4n) is 3.49. The SMILES string of the molecule is Cc1c(C)c(C)c(S(=O)(=O)NCCC(=O)N2CCCNCC2)c(C)c1C.Cl.